The molecule has 1 aromatic rings. The van der Waals surface area contributed by atoms with Gasteiger partial charge in [-0.1, -0.05) is 30.3 Å². The van der Waals surface area contributed by atoms with Gasteiger partial charge in [0, 0.05) is 5.88 Å². The number of benzene rings is 1. The van der Waals surface area contributed by atoms with Crippen LogP contribution in [0.4, 0.5) is 4.39 Å². The second kappa shape index (κ2) is 8.76. The zero-order valence-electron chi connectivity index (χ0n) is 12.0. The predicted molar refractivity (Wildman–Crippen MR) is 78.3 cm³/mol. The summed E-state index contributed by atoms with van der Waals surface area (Å²) in [4.78, 5) is 0. The molecule has 7 heteroatoms. The van der Waals surface area contributed by atoms with E-state index in [1.165, 1.54) is 0 Å². The number of aliphatic hydroxyl groups is 2. The van der Waals surface area contributed by atoms with Gasteiger partial charge >= 0.3 is 0 Å². The van der Waals surface area contributed by atoms with E-state index in [9.17, 15) is 14.6 Å². The summed E-state index contributed by atoms with van der Waals surface area (Å²) in [6, 6.07) is 9.27. The van der Waals surface area contributed by atoms with Gasteiger partial charge < -0.3 is 24.4 Å². The van der Waals surface area contributed by atoms with Gasteiger partial charge in [-0.2, -0.15) is 0 Å². The average molecular weight is 335 g/mol. The second-order valence-electron chi connectivity index (χ2n) is 4.98. The van der Waals surface area contributed by atoms with Gasteiger partial charge in [-0.3, -0.25) is 0 Å². The zero-order chi connectivity index (χ0) is 15.9. The van der Waals surface area contributed by atoms with E-state index in [2.05, 4.69) is 0 Å². The molecule has 5 atom stereocenters. The third-order valence-corrected chi connectivity index (χ3v) is 3.58. The maximum atomic E-state index is 14.1. The second-order valence-corrected chi connectivity index (χ2v) is 5.36. The summed E-state index contributed by atoms with van der Waals surface area (Å²) >= 11 is 5.48. The maximum Gasteiger partial charge on any atom is 0.192 e. The minimum atomic E-state index is -1.77. The first-order valence-electron chi connectivity index (χ1n) is 7.09. The lowest BCUT2D eigenvalue weighted by Crippen LogP contribution is -2.58. The van der Waals surface area contributed by atoms with Crippen molar-refractivity contribution < 1.29 is 28.8 Å². The fourth-order valence-electron chi connectivity index (χ4n) is 2.30. The van der Waals surface area contributed by atoms with E-state index < -0.39 is 37.4 Å². The van der Waals surface area contributed by atoms with Crippen LogP contribution in [0.5, 0.6) is 0 Å². The lowest BCUT2D eigenvalue weighted by molar-refractivity contribution is -0.294. The summed E-state index contributed by atoms with van der Waals surface area (Å²) in [6.07, 6.45) is -6.33. The van der Waals surface area contributed by atoms with Crippen LogP contribution in [-0.2, 0) is 20.8 Å². The van der Waals surface area contributed by atoms with Crippen molar-refractivity contribution in [1.29, 1.82) is 0 Å². The van der Waals surface area contributed by atoms with Gasteiger partial charge in [0.25, 0.3) is 0 Å². The molecule has 0 bridgehead atoms. The number of alkyl halides is 2. The molecule has 22 heavy (non-hydrogen) atoms. The Bertz CT molecular complexity index is 433. The van der Waals surface area contributed by atoms with Crippen molar-refractivity contribution in [3.8, 4) is 0 Å². The summed E-state index contributed by atoms with van der Waals surface area (Å²) in [7, 11) is 0. The molecule has 2 N–H and O–H groups in total. The first-order chi connectivity index (χ1) is 10.7. The van der Waals surface area contributed by atoms with Gasteiger partial charge in [-0.05, 0) is 5.56 Å². The molecule has 1 aromatic carbocycles. The lowest BCUT2D eigenvalue weighted by atomic mass is 10.00. The van der Waals surface area contributed by atoms with Gasteiger partial charge in [-0.25, -0.2) is 4.39 Å². The molecule has 1 fully saturated rings. The summed E-state index contributed by atoms with van der Waals surface area (Å²) in [6.45, 7) is -0.140. The van der Waals surface area contributed by atoms with Crippen LogP contribution in [0.2, 0.25) is 0 Å². The molecule has 0 saturated carbocycles. The first kappa shape index (κ1) is 17.6. The topological polar surface area (TPSA) is 68.2 Å². The maximum absolute atomic E-state index is 14.1. The Kier molecular flexibility index (Phi) is 7.01. The standard InChI is InChI=1S/C15H20ClFO5/c16-6-7-20-15-12(17)13(19)14(11(8-18)22-15)21-9-10-4-2-1-3-5-10/h1-5,11-15,18-19H,6-9H2/t11-,12+,13-,14-,15+/m1/s1. The molecule has 5 nitrogen and oxygen atoms in total. The Morgan fingerprint density at radius 2 is 1.95 bits per heavy atom. The molecule has 0 spiro atoms. The summed E-state index contributed by atoms with van der Waals surface area (Å²) in [5.74, 6) is 0.181. The highest BCUT2D eigenvalue weighted by molar-refractivity contribution is 6.17. The molecule has 0 radical (unpaired) electrons. The zero-order valence-corrected chi connectivity index (χ0v) is 12.7. The largest absolute Gasteiger partial charge is 0.394 e. The van der Waals surface area contributed by atoms with Crippen molar-refractivity contribution in [2.24, 2.45) is 0 Å². The van der Waals surface area contributed by atoms with Crippen LogP contribution in [0.25, 0.3) is 0 Å². The molecule has 124 valence electrons. The third kappa shape index (κ3) is 4.38. The normalized spacial score (nSPS) is 32.1. The Balaban J connectivity index is 1.97. The van der Waals surface area contributed by atoms with Crippen LogP contribution in [0.3, 0.4) is 0 Å². The number of aliphatic hydroxyl groups excluding tert-OH is 2. The number of rotatable bonds is 7. The quantitative estimate of drug-likeness (QED) is 0.734. The molecule has 1 saturated heterocycles. The molecular formula is C15H20ClFO5. The Morgan fingerprint density at radius 1 is 1.23 bits per heavy atom. The number of ether oxygens (including phenoxy) is 3. The minimum Gasteiger partial charge on any atom is -0.394 e. The van der Waals surface area contributed by atoms with Gasteiger partial charge in [0.05, 0.1) is 19.8 Å². The molecule has 1 heterocycles. The fraction of sp³-hybridized carbons (Fsp3) is 0.600. The Hall–Kier alpha value is -0.760. The molecule has 0 unspecified atom stereocenters. The molecule has 2 rings (SSSR count). The van der Waals surface area contributed by atoms with Crippen LogP contribution < -0.4 is 0 Å². The van der Waals surface area contributed by atoms with Crippen LogP contribution in [-0.4, -0.2) is 60.1 Å². The lowest BCUT2D eigenvalue weighted by Gasteiger charge is -2.40. The van der Waals surface area contributed by atoms with Gasteiger partial charge in [0.1, 0.15) is 18.3 Å². The van der Waals surface area contributed by atoms with E-state index in [-0.39, 0.29) is 19.1 Å². The van der Waals surface area contributed by atoms with Crippen LogP contribution >= 0.6 is 11.6 Å². The highest BCUT2D eigenvalue weighted by atomic mass is 35.5. The fourth-order valence-corrected chi connectivity index (χ4v) is 2.39. The molecule has 1 aliphatic rings. The van der Waals surface area contributed by atoms with Crippen molar-refractivity contribution in [1.82, 2.24) is 0 Å². The van der Waals surface area contributed by atoms with E-state index in [1.54, 1.807) is 0 Å². The molecule has 0 aromatic heterocycles. The van der Waals surface area contributed by atoms with Crippen molar-refractivity contribution in [3.05, 3.63) is 35.9 Å². The Morgan fingerprint density at radius 3 is 2.59 bits per heavy atom. The first-order valence-corrected chi connectivity index (χ1v) is 7.62. The predicted octanol–water partition coefficient (Wildman–Crippen LogP) is 1.24. The van der Waals surface area contributed by atoms with Gasteiger partial charge in [-0.15, -0.1) is 11.6 Å². The highest BCUT2D eigenvalue weighted by Gasteiger charge is 2.46. The number of hydrogen-bond donors (Lipinski definition) is 2. The third-order valence-electron chi connectivity index (χ3n) is 3.42. The number of halogens is 2. The Labute approximate surface area is 133 Å². The van der Waals surface area contributed by atoms with Gasteiger partial charge in [0.2, 0.25) is 0 Å². The highest BCUT2D eigenvalue weighted by Crippen LogP contribution is 2.27. The van der Waals surface area contributed by atoms with Crippen molar-refractivity contribution in [3.63, 3.8) is 0 Å². The van der Waals surface area contributed by atoms with Crippen molar-refractivity contribution >= 4 is 11.6 Å². The molecule has 1 aliphatic heterocycles. The van der Waals surface area contributed by atoms with E-state index in [0.29, 0.717) is 0 Å². The summed E-state index contributed by atoms with van der Waals surface area (Å²) in [5, 5.41) is 19.5. The van der Waals surface area contributed by atoms with Crippen molar-refractivity contribution in [2.45, 2.75) is 37.4 Å². The van der Waals surface area contributed by atoms with Crippen LogP contribution in [0.1, 0.15) is 5.56 Å². The molecule has 0 aliphatic carbocycles. The van der Waals surface area contributed by atoms with E-state index in [1.807, 2.05) is 30.3 Å². The van der Waals surface area contributed by atoms with E-state index in [4.69, 9.17) is 25.8 Å². The molecule has 0 amide bonds. The smallest absolute Gasteiger partial charge is 0.192 e. The van der Waals surface area contributed by atoms with E-state index >= 15 is 0 Å². The average Bonchev–Trinajstić information content (AvgIpc) is 2.56. The molecular weight excluding hydrogens is 315 g/mol. The SMILES string of the molecule is OC[C@H]1O[C@H](OCCCl)[C@@H](F)[C@@H](O)[C@@H]1OCc1ccccc1. The number of hydrogen-bond acceptors (Lipinski definition) is 5. The summed E-state index contributed by atoms with van der Waals surface area (Å²) < 4.78 is 30.1. The summed E-state index contributed by atoms with van der Waals surface area (Å²) in [5.41, 5.74) is 0.877. The van der Waals surface area contributed by atoms with Crippen LogP contribution in [0.15, 0.2) is 30.3 Å². The van der Waals surface area contributed by atoms with Crippen LogP contribution in [0, 0.1) is 0 Å². The van der Waals surface area contributed by atoms with Crippen molar-refractivity contribution in [2.75, 3.05) is 19.1 Å². The minimum absolute atomic E-state index is 0.0903. The van der Waals surface area contributed by atoms with Gasteiger partial charge in [0.15, 0.2) is 12.5 Å². The monoisotopic (exact) mass is 334 g/mol. The van der Waals surface area contributed by atoms with E-state index in [0.717, 1.165) is 5.56 Å².